The highest BCUT2D eigenvalue weighted by Gasteiger charge is 2.36. The van der Waals surface area contributed by atoms with E-state index in [0.717, 1.165) is 12.1 Å². The van der Waals surface area contributed by atoms with Gasteiger partial charge in [0.2, 0.25) is 0 Å². The van der Waals surface area contributed by atoms with Gasteiger partial charge in [0, 0.05) is 0 Å². The van der Waals surface area contributed by atoms with Gasteiger partial charge in [-0.05, 0) is 88.3 Å². The summed E-state index contributed by atoms with van der Waals surface area (Å²) in [5.74, 6) is -2.96. The van der Waals surface area contributed by atoms with Gasteiger partial charge in [0.25, 0.3) is 0 Å². The van der Waals surface area contributed by atoms with Crippen molar-refractivity contribution >= 4 is 33.5 Å². The van der Waals surface area contributed by atoms with E-state index in [2.05, 4.69) is 0 Å². The van der Waals surface area contributed by atoms with Crippen LogP contribution in [0.3, 0.4) is 0 Å². The molecule has 0 unspecified atom stereocenters. The number of aromatic hydroxyl groups is 2. The van der Waals surface area contributed by atoms with Crippen LogP contribution in [-0.4, -0.2) is 22.2 Å². The number of hydrogen-bond donors (Lipinski definition) is 2. The molecule has 0 amide bonds. The van der Waals surface area contributed by atoms with E-state index in [4.69, 9.17) is 9.47 Å². The van der Waals surface area contributed by atoms with Gasteiger partial charge in [0.15, 0.2) is 0 Å². The first-order chi connectivity index (χ1) is 18.1. The molecule has 0 spiro atoms. The molecular weight excluding hydrogens is 501 g/mol. The van der Waals surface area contributed by atoms with Crippen LogP contribution in [0.4, 0.5) is 13.2 Å². The van der Waals surface area contributed by atoms with Crippen molar-refractivity contribution in [3.8, 4) is 23.0 Å². The first kappa shape index (κ1) is 24.6. The molecule has 9 heteroatoms. The van der Waals surface area contributed by atoms with Crippen molar-refractivity contribution < 1.29 is 42.4 Å². The quantitative estimate of drug-likeness (QED) is 0.199. The van der Waals surface area contributed by atoms with Crippen molar-refractivity contribution in [2.24, 2.45) is 0 Å². The zero-order chi connectivity index (χ0) is 27.0. The number of benzene rings is 5. The summed E-state index contributed by atoms with van der Waals surface area (Å²) < 4.78 is 51.7. The van der Waals surface area contributed by atoms with Crippen molar-refractivity contribution in [2.75, 3.05) is 0 Å². The van der Waals surface area contributed by atoms with E-state index in [1.807, 2.05) is 0 Å². The average molecular weight is 518 g/mol. The van der Waals surface area contributed by atoms with Gasteiger partial charge in [0.1, 0.15) is 28.6 Å². The Balaban J connectivity index is 1.39. The van der Waals surface area contributed by atoms with Gasteiger partial charge in [-0.15, -0.1) is 0 Å². The molecule has 0 aromatic heterocycles. The number of rotatable bonds is 4. The molecule has 190 valence electrons. The predicted molar refractivity (Wildman–Crippen MR) is 133 cm³/mol. The molecule has 0 aliphatic heterocycles. The standard InChI is InChI=1S/C29H17F3O6/c30-29(31,32)25-15-24(37-27(35)20-3-1-18-13-22(33)7-5-16(18)11-20)9-10-26(25)38-28(36)21-4-2-19-14-23(34)8-6-17(19)12-21/h1-15,33-34H. The minimum Gasteiger partial charge on any atom is -0.508 e. The largest absolute Gasteiger partial charge is 0.508 e. The van der Waals surface area contributed by atoms with Gasteiger partial charge >= 0.3 is 18.1 Å². The van der Waals surface area contributed by atoms with E-state index >= 15 is 0 Å². The number of ether oxygens (including phenoxy) is 2. The Labute approximate surface area is 213 Å². The maximum atomic E-state index is 13.8. The number of carbonyl (C=O) groups is 2. The van der Waals surface area contributed by atoms with E-state index in [1.165, 1.54) is 54.6 Å². The summed E-state index contributed by atoms with van der Waals surface area (Å²) in [6.07, 6.45) is -4.91. The summed E-state index contributed by atoms with van der Waals surface area (Å²) in [7, 11) is 0. The number of carbonyl (C=O) groups excluding carboxylic acids is 2. The van der Waals surface area contributed by atoms with Crippen LogP contribution in [0.5, 0.6) is 23.0 Å². The third kappa shape index (κ3) is 5.08. The Morgan fingerprint density at radius 1 is 0.579 bits per heavy atom. The number of alkyl halides is 3. The molecule has 0 saturated carbocycles. The Morgan fingerprint density at radius 2 is 1.05 bits per heavy atom. The van der Waals surface area contributed by atoms with Crippen LogP contribution >= 0.6 is 0 Å². The Morgan fingerprint density at radius 3 is 1.58 bits per heavy atom. The first-order valence-electron chi connectivity index (χ1n) is 11.2. The number of esters is 2. The fraction of sp³-hybridized carbons (Fsp3) is 0.0345. The number of hydrogen-bond acceptors (Lipinski definition) is 6. The normalized spacial score (nSPS) is 11.4. The van der Waals surface area contributed by atoms with Crippen molar-refractivity contribution in [1.29, 1.82) is 0 Å². The maximum absolute atomic E-state index is 13.8. The van der Waals surface area contributed by atoms with Gasteiger partial charge in [-0.3, -0.25) is 0 Å². The van der Waals surface area contributed by atoms with Crippen LogP contribution in [0.15, 0.2) is 91.0 Å². The fourth-order valence-corrected chi connectivity index (χ4v) is 3.93. The second-order valence-corrected chi connectivity index (χ2v) is 8.43. The van der Waals surface area contributed by atoms with E-state index in [0.29, 0.717) is 27.6 Å². The first-order valence-corrected chi connectivity index (χ1v) is 11.2. The topological polar surface area (TPSA) is 93.1 Å². The molecule has 0 radical (unpaired) electrons. The van der Waals surface area contributed by atoms with Crippen LogP contribution < -0.4 is 9.47 Å². The average Bonchev–Trinajstić information content (AvgIpc) is 2.88. The molecule has 0 saturated heterocycles. The highest BCUT2D eigenvalue weighted by molar-refractivity contribution is 5.98. The zero-order valence-corrected chi connectivity index (χ0v) is 19.3. The maximum Gasteiger partial charge on any atom is 0.420 e. The summed E-state index contributed by atoms with van der Waals surface area (Å²) in [6.45, 7) is 0. The van der Waals surface area contributed by atoms with E-state index < -0.39 is 35.2 Å². The molecule has 0 aliphatic carbocycles. The van der Waals surface area contributed by atoms with Gasteiger partial charge < -0.3 is 19.7 Å². The zero-order valence-electron chi connectivity index (χ0n) is 19.3. The molecule has 0 heterocycles. The van der Waals surface area contributed by atoms with Crippen LogP contribution in [0, 0.1) is 0 Å². The van der Waals surface area contributed by atoms with Crippen molar-refractivity contribution in [1.82, 2.24) is 0 Å². The lowest BCUT2D eigenvalue weighted by Gasteiger charge is -2.15. The monoisotopic (exact) mass is 518 g/mol. The number of phenols is 2. The van der Waals surface area contributed by atoms with Gasteiger partial charge in [-0.1, -0.05) is 24.3 Å². The predicted octanol–water partition coefficient (Wildman–Crippen LogP) is 6.86. The number of halogens is 3. The van der Waals surface area contributed by atoms with E-state index in [1.54, 1.807) is 18.2 Å². The summed E-state index contributed by atoms with van der Waals surface area (Å²) in [6, 6.07) is 20.4. The lowest BCUT2D eigenvalue weighted by Crippen LogP contribution is -2.15. The summed E-state index contributed by atoms with van der Waals surface area (Å²) in [5.41, 5.74) is -1.19. The summed E-state index contributed by atoms with van der Waals surface area (Å²) in [5, 5.41) is 21.6. The second-order valence-electron chi connectivity index (χ2n) is 8.43. The molecule has 2 N–H and O–H groups in total. The fourth-order valence-electron chi connectivity index (χ4n) is 3.93. The molecule has 0 bridgehead atoms. The molecule has 5 rings (SSSR count). The summed E-state index contributed by atoms with van der Waals surface area (Å²) >= 11 is 0. The lowest BCUT2D eigenvalue weighted by atomic mass is 10.1. The summed E-state index contributed by atoms with van der Waals surface area (Å²) in [4.78, 5) is 25.2. The Hall–Kier alpha value is -5.05. The molecule has 5 aromatic carbocycles. The molecular formula is C29H17F3O6. The minimum absolute atomic E-state index is 0.0106. The van der Waals surface area contributed by atoms with Crippen LogP contribution in [0.25, 0.3) is 21.5 Å². The Bertz CT molecular complexity index is 1730. The van der Waals surface area contributed by atoms with Crippen molar-refractivity contribution in [2.45, 2.75) is 6.18 Å². The highest BCUT2D eigenvalue weighted by atomic mass is 19.4. The number of fused-ring (bicyclic) bond motifs is 2. The molecule has 38 heavy (non-hydrogen) atoms. The van der Waals surface area contributed by atoms with Crippen molar-refractivity contribution in [3.63, 3.8) is 0 Å². The molecule has 0 aliphatic rings. The molecule has 0 atom stereocenters. The SMILES string of the molecule is O=C(Oc1ccc(OC(=O)c2ccc3cc(O)ccc3c2)c(C(F)(F)F)c1)c1ccc2cc(O)ccc2c1. The van der Waals surface area contributed by atoms with Gasteiger partial charge in [0.05, 0.1) is 11.1 Å². The molecule has 6 nitrogen and oxygen atoms in total. The van der Waals surface area contributed by atoms with E-state index in [9.17, 15) is 33.0 Å². The Kier molecular flexibility index (Phi) is 6.12. The third-order valence-corrected chi connectivity index (χ3v) is 5.79. The lowest BCUT2D eigenvalue weighted by molar-refractivity contribution is -0.138. The highest BCUT2D eigenvalue weighted by Crippen LogP contribution is 2.39. The van der Waals surface area contributed by atoms with E-state index in [-0.39, 0.29) is 22.6 Å². The van der Waals surface area contributed by atoms with Crippen LogP contribution in [0.1, 0.15) is 26.3 Å². The van der Waals surface area contributed by atoms with Crippen LogP contribution in [0.2, 0.25) is 0 Å². The van der Waals surface area contributed by atoms with Gasteiger partial charge in [-0.25, -0.2) is 9.59 Å². The number of phenolic OH excluding ortho intramolecular Hbond substituents is 2. The molecule has 5 aromatic rings. The minimum atomic E-state index is -4.91. The third-order valence-electron chi connectivity index (χ3n) is 5.79. The van der Waals surface area contributed by atoms with Crippen molar-refractivity contribution in [3.05, 3.63) is 108 Å². The molecule has 0 fully saturated rings. The van der Waals surface area contributed by atoms with Gasteiger partial charge in [-0.2, -0.15) is 13.2 Å². The smallest absolute Gasteiger partial charge is 0.420 e. The van der Waals surface area contributed by atoms with Crippen LogP contribution in [-0.2, 0) is 6.18 Å². The second kappa shape index (κ2) is 9.44.